The van der Waals surface area contributed by atoms with Crippen molar-refractivity contribution in [2.45, 2.75) is 18.7 Å². The summed E-state index contributed by atoms with van der Waals surface area (Å²) in [6, 6.07) is 6.30. The summed E-state index contributed by atoms with van der Waals surface area (Å²) >= 11 is 1.36. The Morgan fingerprint density at radius 3 is 2.25 bits per heavy atom. The van der Waals surface area contributed by atoms with Crippen LogP contribution >= 0.6 is 11.3 Å². The Morgan fingerprint density at radius 1 is 1.20 bits per heavy atom. The van der Waals surface area contributed by atoms with E-state index < -0.39 is 10.0 Å². The molecule has 0 aliphatic heterocycles. The van der Waals surface area contributed by atoms with Gasteiger partial charge < -0.3 is 4.74 Å². The number of rotatable bonds is 4. The summed E-state index contributed by atoms with van der Waals surface area (Å²) in [4.78, 5) is 5.50. The molecule has 0 saturated carbocycles. The van der Waals surface area contributed by atoms with Gasteiger partial charge >= 0.3 is 0 Å². The highest BCUT2D eigenvalue weighted by Gasteiger charge is 2.24. The Balaban J connectivity index is 2.37. The molecule has 1 aromatic heterocycles. The third-order valence-electron chi connectivity index (χ3n) is 3.00. The molecular formula is C13H16N2O3S2. The molecule has 7 heteroatoms. The first-order valence-electron chi connectivity index (χ1n) is 5.93. The number of anilines is 1. The number of benzene rings is 1. The third kappa shape index (κ3) is 2.64. The Morgan fingerprint density at radius 2 is 1.80 bits per heavy atom. The SMILES string of the molecule is COc1ccc(S(=O)(=O)N(C)c2nc(C)c(C)s2)cc1. The number of ether oxygens (including phenoxy) is 1. The van der Waals surface area contributed by atoms with Crippen molar-refractivity contribution in [3.8, 4) is 5.75 Å². The molecule has 1 aromatic carbocycles. The zero-order valence-electron chi connectivity index (χ0n) is 11.7. The van der Waals surface area contributed by atoms with Gasteiger partial charge in [-0.3, -0.25) is 0 Å². The fourth-order valence-electron chi connectivity index (χ4n) is 1.60. The van der Waals surface area contributed by atoms with Crippen molar-refractivity contribution >= 4 is 26.5 Å². The number of hydrogen-bond donors (Lipinski definition) is 0. The van der Waals surface area contributed by atoms with Gasteiger partial charge in [-0.15, -0.1) is 11.3 Å². The Labute approximate surface area is 122 Å². The van der Waals surface area contributed by atoms with Crippen LogP contribution in [0.2, 0.25) is 0 Å². The van der Waals surface area contributed by atoms with Gasteiger partial charge in [-0.2, -0.15) is 0 Å². The summed E-state index contributed by atoms with van der Waals surface area (Å²) in [7, 11) is -0.545. The average Bonchev–Trinajstić information content (AvgIpc) is 2.77. The molecule has 1 heterocycles. The van der Waals surface area contributed by atoms with E-state index in [1.807, 2.05) is 13.8 Å². The molecule has 0 fully saturated rings. The summed E-state index contributed by atoms with van der Waals surface area (Å²) in [5, 5.41) is 0.468. The molecule has 20 heavy (non-hydrogen) atoms. The Kier molecular flexibility index (Phi) is 4.01. The van der Waals surface area contributed by atoms with Crippen LogP contribution in [0.1, 0.15) is 10.6 Å². The van der Waals surface area contributed by atoms with Crippen molar-refractivity contribution in [2.75, 3.05) is 18.5 Å². The smallest absolute Gasteiger partial charge is 0.265 e. The molecule has 0 N–H and O–H groups in total. The minimum Gasteiger partial charge on any atom is -0.497 e. The van der Waals surface area contributed by atoms with Crippen LogP contribution in [0.25, 0.3) is 0 Å². The lowest BCUT2D eigenvalue weighted by Crippen LogP contribution is -2.26. The molecule has 0 amide bonds. The van der Waals surface area contributed by atoms with Gasteiger partial charge in [0, 0.05) is 11.9 Å². The van der Waals surface area contributed by atoms with Crippen molar-refractivity contribution in [1.29, 1.82) is 0 Å². The molecule has 2 aromatic rings. The quantitative estimate of drug-likeness (QED) is 0.870. The van der Waals surface area contributed by atoms with E-state index in [1.54, 1.807) is 12.1 Å². The molecule has 0 saturated heterocycles. The Hall–Kier alpha value is -1.60. The molecule has 0 aliphatic rings. The maximum absolute atomic E-state index is 12.5. The first kappa shape index (κ1) is 14.8. The minimum atomic E-state index is -3.59. The zero-order valence-corrected chi connectivity index (χ0v) is 13.4. The van der Waals surface area contributed by atoms with E-state index >= 15 is 0 Å². The Bertz CT molecular complexity index is 686. The van der Waals surface area contributed by atoms with Gasteiger partial charge in [0.05, 0.1) is 17.7 Å². The number of methoxy groups -OCH3 is 1. The van der Waals surface area contributed by atoms with Crippen LogP contribution in [0.15, 0.2) is 29.2 Å². The second kappa shape index (κ2) is 5.41. The highest BCUT2D eigenvalue weighted by Crippen LogP contribution is 2.29. The number of aryl methyl sites for hydroxylation is 2. The fourth-order valence-corrected chi connectivity index (χ4v) is 3.83. The lowest BCUT2D eigenvalue weighted by Gasteiger charge is -2.16. The van der Waals surface area contributed by atoms with Crippen molar-refractivity contribution in [3.63, 3.8) is 0 Å². The number of hydrogen-bond acceptors (Lipinski definition) is 5. The molecule has 0 unspecified atom stereocenters. The molecule has 0 aliphatic carbocycles. The normalized spacial score (nSPS) is 11.4. The average molecular weight is 312 g/mol. The van der Waals surface area contributed by atoms with Gasteiger partial charge in [0.15, 0.2) is 5.13 Å². The number of sulfonamides is 1. The monoisotopic (exact) mass is 312 g/mol. The minimum absolute atomic E-state index is 0.214. The first-order chi connectivity index (χ1) is 9.36. The molecule has 108 valence electrons. The van der Waals surface area contributed by atoms with E-state index in [9.17, 15) is 8.42 Å². The maximum Gasteiger partial charge on any atom is 0.265 e. The van der Waals surface area contributed by atoms with Gasteiger partial charge in [0.2, 0.25) is 0 Å². The lowest BCUT2D eigenvalue weighted by molar-refractivity contribution is 0.414. The predicted octanol–water partition coefficient (Wildman–Crippen LogP) is 2.59. The van der Waals surface area contributed by atoms with E-state index in [0.29, 0.717) is 10.9 Å². The van der Waals surface area contributed by atoms with Crippen LogP contribution in [0, 0.1) is 13.8 Å². The lowest BCUT2D eigenvalue weighted by atomic mass is 10.3. The van der Waals surface area contributed by atoms with Crippen LogP contribution < -0.4 is 9.04 Å². The molecular weight excluding hydrogens is 296 g/mol. The van der Waals surface area contributed by atoms with Crippen molar-refractivity contribution in [2.24, 2.45) is 0 Å². The topological polar surface area (TPSA) is 59.5 Å². The zero-order chi connectivity index (χ0) is 14.9. The van der Waals surface area contributed by atoms with E-state index in [1.165, 1.54) is 41.9 Å². The number of thiazole rings is 1. The van der Waals surface area contributed by atoms with E-state index in [0.717, 1.165) is 10.6 Å². The molecule has 5 nitrogen and oxygen atoms in total. The van der Waals surface area contributed by atoms with Crippen LogP contribution in [-0.4, -0.2) is 27.6 Å². The van der Waals surface area contributed by atoms with E-state index in [-0.39, 0.29) is 4.90 Å². The molecule has 2 rings (SSSR count). The first-order valence-corrected chi connectivity index (χ1v) is 8.19. The second-order valence-corrected chi connectivity index (χ2v) is 7.44. The highest BCUT2D eigenvalue weighted by molar-refractivity contribution is 7.93. The highest BCUT2D eigenvalue weighted by atomic mass is 32.2. The summed E-state index contributed by atoms with van der Waals surface area (Å²) in [5.74, 6) is 0.618. The van der Waals surface area contributed by atoms with Gasteiger partial charge in [-0.05, 0) is 38.1 Å². The molecule has 0 spiro atoms. The van der Waals surface area contributed by atoms with Crippen molar-refractivity contribution in [1.82, 2.24) is 4.98 Å². The van der Waals surface area contributed by atoms with Crippen LogP contribution in [0.4, 0.5) is 5.13 Å². The third-order valence-corrected chi connectivity index (χ3v) is 6.03. The van der Waals surface area contributed by atoms with Crippen LogP contribution in [-0.2, 0) is 10.0 Å². The van der Waals surface area contributed by atoms with E-state index in [2.05, 4.69) is 4.98 Å². The summed E-state index contributed by atoms with van der Waals surface area (Å²) in [6.07, 6.45) is 0. The summed E-state index contributed by atoms with van der Waals surface area (Å²) in [6.45, 7) is 3.79. The molecule has 0 bridgehead atoms. The summed E-state index contributed by atoms with van der Waals surface area (Å²) in [5.41, 5.74) is 0.849. The molecule has 0 radical (unpaired) electrons. The van der Waals surface area contributed by atoms with Gasteiger partial charge in [0.25, 0.3) is 10.0 Å². The largest absolute Gasteiger partial charge is 0.497 e. The molecule has 0 atom stereocenters. The van der Waals surface area contributed by atoms with Gasteiger partial charge in [-0.1, -0.05) is 0 Å². The van der Waals surface area contributed by atoms with Crippen molar-refractivity contribution in [3.05, 3.63) is 34.8 Å². The standard InChI is InChI=1S/C13H16N2O3S2/c1-9-10(2)19-13(14-9)15(3)20(16,17)12-7-5-11(18-4)6-8-12/h5-8H,1-4H3. The summed E-state index contributed by atoms with van der Waals surface area (Å²) < 4.78 is 31.2. The van der Waals surface area contributed by atoms with Crippen molar-refractivity contribution < 1.29 is 13.2 Å². The second-order valence-electron chi connectivity index (χ2n) is 4.29. The van der Waals surface area contributed by atoms with Crippen LogP contribution in [0.3, 0.4) is 0 Å². The van der Waals surface area contributed by atoms with E-state index in [4.69, 9.17) is 4.74 Å². The maximum atomic E-state index is 12.5. The predicted molar refractivity (Wildman–Crippen MR) is 80.2 cm³/mol. The van der Waals surface area contributed by atoms with Gasteiger partial charge in [-0.25, -0.2) is 17.7 Å². The number of aromatic nitrogens is 1. The van der Waals surface area contributed by atoms with Crippen LogP contribution in [0.5, 0.6) is 5.75 Å². The fraction of sp³-hybridized carbons (Fsp3) is 0.308. The number of nitrogens with zero attached hydrogens (tertiary/aromatic N) is 2. The van der Waals surface area contributed by atoms with Gasteiger partial charge in [0.1, 0.15) is 5.75 Å².